The first-order valence-electron chi connectivity index (χ1n) is 8.57. The minimum atomic E-state index is -0.0435. The van der Waals surface area contributed by atoms with Gasteiger partial charge in [0.25, 0.3) is 0 Å². The first kappa shape index (κ1) is 17.7. The van der Waals surface area contributed by atoms with Crippen molar-refractivity contribution in [2.75, 3.05) is 7.11 Å². The topological polar surface area (TPSA) is 60.3 Å². The van der Waals surface area contributed by atoms with Gasteiger partial charge in [-0.25, -0.2) is 0 Å². The van der Waals surface area contributed by atoms with Gasteiger partial charge in [-0.15, -0.1) is 0 Å². The Balaban J connectivity index is 1.65. The number of aromatic nitrogens is 1. The smallest absolute Gasteiger partial charge is 0.222 e. The van der Waals surface area contributed by atoms with Gasteiger partial charge < -0.3 is 14.6 Å². The number of Topliss-reactive ketones (excluding diaryl/α,β-unsaturated/α-hetero) is 1. The number of aryl methyl sites for hydroxylation is 1. The zero-order chi connectivity index (χ0) is 18.5. The van der Waals surface area contributed by atoms with E-state index in [9.17, 15) is 9.59 Å². The van der Waals surface area contributed by atoms with Crippen molar-refractivity contribution in [3.8, 4) is 5.75 Å². The molecule has 0 fully saturated rings. The molecule has 0 saturated heterocycles. The van der Waals surface area contributed by atoms with Crippen LogP contribution in [0.1, 0.15) is 29.3 Å². The van der Waals surface area contributed by atoms with Gasteiger partial charge in [0.2, 0.25) is 5.91 Å². The maximum atomic E-state index is 12.2. The predicted molar refractivity (Wildman–Crippen MR) is 101 cm³/mol. The summed E-state index contributed by atoms with van der Waals surface area (Å²) in [6.07, 6.45) is 2.17. The van der Waals surface area contributed by atoms with Crippen molar-refractivity contribution in [3.05, 3.63) is 65.9 Å². The van der Waals surface area contributed by atoms with Crippen LogP contribution in [-0.4, -0.2) is 23.4 Å². The standard InChI is InChI=1S/C21H22N2O3/c1-15(24)18-14-23(19-9-5-4-8-17(18)19)12-11-21(25)22-13-16-7-3-6-10-20(16)26-2/h3-10,14H,11-13H2,1-2H3,(H,22,25). The highest BCUT2D eigenvalue weighted by molar-refractivity contribution is 6.06. The van der Waals surface area contributed by atoms with Crippen molar-refractivity contribution in [1.29, 1.82) is 0 Å². The van der Waals surface area contributed by atoms with Crippen LogP contribution >= 0.6 is 0 Å². The van der Waals surface area contributed by atoms with Crippen molar-refractivity contribution < 1.29 is 14.3 Å². The number of rotatable bonds is 7. The summed E-state index contributed by atoms with van der Waals surface area (Å²) in [6, 6.07) is 15.4. The van der Waals surface area contributed by atoms with Gasteiger partial charge in [0, 0.05) is 47.7 Å². The van der Waals surface area contributed by atoms with Crippen molar-refractivity contribution in [1.82, 2.24) is 9.88 Å². The Bertz CT molecular complexity index is 943. The van der Waals surface area contributed by atoms with Crippen molar-refractivity contribution in [3.63, 3.8) is 0 Å². The van der Waals surface area contributed by atoms with E-state index < -0.39 is 0 Å². The molecule has 5 nitrogen and oxygen atoms in total. The maximum Gasteiger partial charge on any atom is 0.222 e. The lowest BCUT2D eigenvalue weighted by Crippen LogP contribution is -2.24. The van der Waals surface area contributed by atoms with Crippen molar-refractivity contribution in [2.24, 2.45) is 0 Å². The Labute approximate surface area is 152 Å². The number of methoxy groups -OCH3 is 1. The summed E-state index contributed by atoms with van der Waals surface area (Å²) < 4.78 is 7.26. The number of para-hydroxylation sites is 2. The second-order valence-electron chi connectivity index (χ2n) is 6.15. The lowest BCUT2D eigenvalue weighted by Gasteiger charge is -2.10. The number of nitrogens with one attached hydrogen (secondary N) is 1. The Hall–Kier alpha value is -3.08. The van der Waals surface area contributed by atoms with Gasteiger partial charge in [-0.1, -0.05) is 36.4 Å². The summed E-state index contributed by atoms with van der Waals surface area (Å²) in [5.74, 6) is 0.744. The zero-order valence-corrected chi connectivity index (χ0v) is 15.0. The number of hydrogen-bond donors (Lipinski definition) is 1. The van der Waals surface area contributed by atoms with Gasteiger partial charge in [-0.3, -0.25) is 9.59 Å². The first-order chi connectivity index (χ1) is 12.6. The number of carbonyl (C=O) groups excluding carboxylic acids is 2. The van der Waals surface area contributed by atoms with Crippen LogP contribution < -0.4 is 10.1 Å². The molecule has 26 heavy (non-hydrogen) atoms. The van der Waals surface area contributed by atoms with E-state index in [1.165, 1.54) is 0 Å². The molecule has 0 unspecified atom stereocenters. The van der Waals surface area contributed by atoms with Crippen LogP contribution in [-0.2, 0) is 17.9 Å². The van der Waals surface area contributed by atoms with Crippen LogP contribution in [0.3, 0.4) is 0 Å². The number of benzene rings is 2. The normalized spacial score (nSPS) is 10.7. The third kappa shape index (κ3) is 3.77. The molecular formula is C21H22N2O3. The monoisotopic (exact) mass is 350 g/mol. The molecule has 0 aliphatic rings. The molecule has 1 heterocycles. The van der Waals surface area contributed by atoms with E-state index in [-0.39, 0.29) is 11.7 Å². The number of carbonyl (C=O) groups is 2. The highest BCUT2D eigenvalue weighted by Crippen LogP contribution is 2.22. The summed E-state index contributed by atoms with van der Waals surface area (Å²) in [5.41, 5.74) is 2.60. The second kappa shape index (κ2) is 7.87. The number of amides is 1. The van der Waals surface area contributed by atoms with Gasteiger partial charge >= 0.3 is 0 Å². The molecule has 1 N–H and O–H groups in total. The van der Waals surface area contributed by atoms with Gasteiger partial charge in [-0.2, -0.15) is 0 Å². The molecule has 2 aromatic carbocycles. The molecule has 0 bridgehead atoms. The third-order valence-corrected chi connectivity index (χ3v) is 4.42. The number of nitrogens with zero attached hydrogens (tertiary/aromatic N) is 1. The Morgan fingerprint density at radius 1 is 1.08 bits per heavy atom. The quantitative estimate of drug-likeness (QED) is 0.663. The highest BCUT2D eigenvalue weighted by atomic mass is 16.5. The fourth-order valence-electron chi connectivity index (χ4n) is 3.07. The van der Waals surface area contributed by atoms with E-state index in [1.54, 1.807) is 14.0 Å². The van der Waals surface area contributed by atoms with Crippen molar-refractivity contribution >= 4 is 22.6 Å². The molecule has 3 rings (SSSR count). The van der Waals surface area contributed by atoms with Crippen LogP contribution in [0.25, 0.3) is 10.9 Å². The number of fused-ring (bicyclic) bond motifs is 1. The summed E-state index contributed by atoms with van der Waals surface area (Å²) in [7, 11) is 1.62. The Kier molecular flexibility index (Phi) is 5.37. The SMILES string of the molecule is COc1ccccc1CNC(=O)CCn1cc(C(C)=O)c2ccccc21. The second-order valence-corrected chi connectivity index (χ2v) is 6.15. The van der Waals surface area contributed by atoms with E-state index in [0.29, 0.717) is 25.1 Å². The fourth-order valence-corrected chi connectivity index (χ4v) is 3.07. The highest BCUT2D eigenvalue weighted by Gasteiger charge is 2.12. The first-order valence-corrected chi connectivity index (χ1v) is 8.57. The molecule has 0 saturated carbocycles. The lowest BCUT2D eigenvalue weighted by atomic mass is 10.1. The van der Waals surface area contributed by atoms with Gasteiger partial charge in [0.15, 0.2) is 5.78 Å². The van der Waals surface area contributed by atoms with Gasteiger partial charge in [-0.05, 0) is 19.1 Å². The molecule has 0 atom stereocenters. The molecule has 0 aliphatic carbocycles. The van der Waals surface area contributed by atoms with E-state index in [4.69, 9.17) is 4.74 Å². The Morgan fingerprint density at radius 2 is 1.81 bits per heavy atom. The largest absolute Gasteiger partial charge is 0.496 e. The third-order valence-electron chi connectivity index (χ3n) is 4.42. The average molecular weight is 350 g/mol. The van der Waals surface area contributed by atoms with Gasteiger partial charge in [0.1, 0.15) is 5.75 Å². The molecule has 5 heteroatoms. The predicted octanol–water partition coefficient (Wildman–Crippen LogP) is 3.56. The average Bonchev–Trinajstić information content (AvgIpc) is 3.04. The zero-order valence-electron chi connectivity index (χ0n) is 15.0. The summed E-state index contributed by atoms with van der Waals surface area (Å²) in [5, 5.41) is 3.85. The number of hydrogen-bond acceptors (Lipinski definition) is 3. The van der Waals surface area contributed by atoms with Gasteiger partial charge in [0.05, 0.1) is 7.11 Å². The molecule has 0 radical (unpaired) electrons. The molecular weight excluding hydrogens is 328 g/mol. The van der Waals surface area contributed by atoms with Crippen LogP contribution in [0.4, 0.5) is 0 Å². The molecule has 0 spiro atoms. The van der Waals surface area contributed by atoms with Crippen molar-refractivity contribution in [2.45, 2.75) is 26.4 Å². The Morgan fingerprint density at radius 3 is 2.58 bits per heavy atom. The van der Waals surface area contributed by atoms with E-state index in [1.807, 2.05) is 59.3 Å². The minimum absolute atomic E-state index is 0.0283. The minimum Gasteiger partial charge on any atom is -0.496 e. The maximum absolute atomic E-state index is 12.2. The molecule has 0 aliphatic heterocycles. The summed E-state index contributed by atoms with van der Waals surface area (Å²) >= 11 is 0. The fraction of sp³-hybridized carbons (Fsp3) is 0.238. The van der Waals surface area contributed by atoms with E-state index >= 15 is 0 Å². The number of ketones is 1. The van der Waals surface area contributed by atoms with E-state index in [0.717, 1.165) is 22.2 Å². The van der Waals surface area contributed by atoms with E-state index in [2.05, 4.69) is 5.32 Å². The molecule has 134 valence electrons. The molecule has 1 aromatic heterocycles. The van der Waals surface area contributed by atoms with Crippen LogP contribution in [0, 0.1) is 0 Å². The molecule has 1 amide bonds. The van der Waals surface area contributed by atoms with Crippen LogP contribution in [0.5, 0.6) is 5.75 Å². The van der Waals surface area contributed by atoms with Crippen LogP contribution in [0.15, 0.2) is 54.7 Å². The number of ether oxygens (including phenoxy) is 1. The summed E-state index contributed by atoms with van der Waals surface area (Å²) in [4.78, 5) is 24.1. The van der Waals surface area contributed by atoms with Crippen LogP contribution in [0.2, 0.25) is 0 Å². The molecule has 3 aromatic rings. The lowest BCUT2D eigenvalue weighted by molar-refractivity contribution is -0.121. The summed E-state index contributed by atoms with van der Waals surface area (Å²) in [6.45, 7) is 2.51.